The third kappa shape index (κ3) is 3.66. The highest BCUT2D eigenvalue weighted by molar-refractivity contribution is 5.78. The molecule has 5 rings (SSSR count). The molecule has 1 saturated heterocycles. The average Bonchev–Trinajstić information content (AvgIpc) is 3.42. The Hall–Kier alpha value is -2.34. The zero-order chi connectivity index (χ0) is 20.1. The maximum absolute atomic E-state index is 6.30. The van der Waals surface area contributed by atoms with E-state index in [-0.39, 0.29) is 18.1 Å². The Morgan fingerprint density at radius 3 is 2.69 bits per heavy atom. The second-order valence-corrected chi connectivity index (χ2v) is 9.03. The van der Waals surface area contributed by atoms with Crippen LogP contribution >= 0.6 is 0 Å². The Morgan fingerprint density at radius 1 is 1.10 bits per heavy atom. The number of nitrogens with zero attached hydrogens (tertiary/aromatic N) is 5. The van der Waals surface area contributed by atoms with E-state index in [4.69, 9.17) is 19.7 Å². The van der Waals surface area contributed by atoms with Crippen LogP contribution in [0.1, 0.15) is 93.2 Å². The van der Waals surface area contributed by atoms with Gasteiger partial charge >= 0.3 is 0 Å². The monoisotopic (exact) mass is 391 g/mol. The van der Waals surface area contributed by atoms with Crippen LogP contribution in [-0.2, 0) is 4.74 Å². The summed E-state index contributed by atoms with van der Waals surface area (Å²) in [4.78, 5) is 14.6. The molecule has 6 nitrogen and oxygen atoms in total. The van der Waals surface area contributed by atoms with Gasteiger partial charge in [0.25, 0.3) is 0 Å². The molecule has 3 atom stereocenters. The number of rotatable bonds is 4. The SMILES string of the molecule is Cc1ccc2c(C(C)C)nc([C@H]3C[C@@H](C)O[C@H](c4cnn(C5CC5)c4)C3)nc2n1. The maximum atomic E-state index is 6.30. The Morgan fingerprint density at radius 2 is 1.93 bits per heavy atom. The number of ether oxygens (including phenoxy) is 1. The van der Waals surface area contributed by atoms with Gasteiger partial charge in [-0.1, -0.05) is 13.8 Å². The van der Waals surface area contributed by atoms with E-state index in [1.807, 2.05) is 19.2 Å². The normalized spacial score (nSPS) is 25.1. The van der Waals surface area contributed by atoms with Crippen LogP contribution in [0.2, 0.25) is 0 Å². The molecule has 4 heterocycles. The molecule has 0 amide bonds. The summed E-state index contributed by atoms with van der Waals surface area (Å²) in [6.07, 6.45) is 8.64. The van der Waals surface area contributed by atoms with E-state index in [0.717, 1.165) is 41.1 Å². The second kappa shape index (κ2) is 7.17. The summed E-state index contributed by atoms with van der Waals surface area (Å²) >= 11 is 0. The highest BCUT2D eigenvalue weighted by atomic mass is 16.5. The molecule has 0 unspecified atom stereocenters. The lowest BCUT2D eigenvalue weighted by Gasteiger charge is -2.33. The van der Waals surface area contributed by atoms with E-state index in [2.05, 4.69) is 42.8 Å². The van der Waals surface area contributed by atoms with Crippen LogP contribution in [0, 0.1) is 6.92 Å². The summed E-state index contributed by atoms with van der Waals surface area (Å²) in [7, 11) is 0. The zero-order valence-electron chi connectivity index (χ0n) is 17.7. The molecule has 152 valence electrons. The third-order valence-electron chi connectivity index (χ3n) is 6.08. The fourth-order valence-electron chi connectivity index (χ4n) is 4.40. The quantitative estimate of drug-likeness (QED) is 0.625. The summed E-state index contributed by atoms with van der Waals surface area (Å²) in [5, 5.41) is 5.63. The lowest BCUT2D eigenvalue weighted by Crippen LogP contribution is -2.26. The smallest absolute Gasteiger partial charge is 0.163 e. The summed E-state index contributed by atoms with van der Waals surface area (Å²) < 4.78 is 8.40. The van der Waals surface area contributed by atoms with Gasteiger partial charge in [0.05, 0.1) is 30.1 Å². The molecule has 0 aromatic carbocycles. The summed E-state index contributed by atoms with van der Waals surface area (Å²) in [5.41, 5.74) is 4.07. The molecule has 1 saturated carbocycles. The molecule has 6 heteroatoms. The molecule has 3 aromatic rings. The zero-order valence-corrected chi connectivity index (χ0v) is 17.7. The minimum absolute atomic E-state index is 0.0449. The lowest BCUT2D eigenvalue weighted by atomic mass is 9.89. The molecule has 1 aliphatic heterocycles. The Balaban J connectivity index is 1.49. The van der Waals surface area contributed by atoms with E-state index in [0.29, 0.717) is 12.0 Å². The first-order valence-corrected chi connectivity index (χ1v) is 10.8. The number of hydrogen-bond acceptors (Lipinski definition) is 5. The van der Waals surface area contributed by atoms with Crippen molar-refractivity contribution in [1.82, 2.24) is 24.7 Å². The first-order chi connectivity index (χ1) is 14.0. The number of hydrogen-bond donors (Lipinski definition) is 0. The fourth-order valence-corrected chi connectivity index (χ4v) is 4.40. The van der Waals surface area contributed by atoms with Crippen LogP contribution in [0.4, 0.5) is 0 Å². The van der Waals surface area contributed by atoms with Gasteiger partial charge in [0, 0.05) is 28.8 Å². The molecular weight excluding hydrogens is 362 g/mol. The van der Waals surface area contributed by atoms with Gasteiger partial charge in [0.2, 0.25) is 0 Å². The van der Waals surface area contributed by atoms with E-state index >= 15 is 0 Å². The van der Waals surface area contributed by atoms with E-state index in [1.54, 1.807) is 0 Å². The molecule has 29 heavy (non-hydrogen) atoms. The van der Waals surface area contributed by atoms with Crippen molar-refractivity contribution in [1.29, 1.82) is 0 Å². The van der Waals surface area contributed by atoms with Gasteiger partial charge in [0.15, 0.2) is 5.65 Å². The molecular formula is C23H29N5O. The van der Waals surface area contributed by atoms with Gasteiger partial charge in [-0.15, -0.1) is 0 Å². The number of aromatic nitrogens is 5. The third-order valence-corrected chi connectivity index (χ3v) is 6.08. The van der Waals surface area contributed by atoms with Gasteiger partial charge in [-0.25, -0.2) is 15.0 Å². The standard InChI is InChI=1S/C23H29N5O/c1-13(2)21-19-8-5-14(3)25-23(19)27-22(26-21)16-9-15(4)29-20(10-16)17-11-24-28(12-17)18-6-7-18/h5,8,11-13,15-16,18,20H,6-7,9-10H2,1-4H3/t15-,16+,20+/m1/s1. The van der Waals surface area contributed by atoms with Crippen molar-refractivity contribution in [2.45, 2.75) is 83.5 Å². The Bertz CT molecular complexity index is 1040. The molecule has 2 aliphatic rings. The van der Waals surface area contributed by atoms with Crippen molar-refractivity contribution in [2.24, 2.45) is 0 Å². The first-order valence-electron chi connectivity index (χ1n) is 10.8. The van der Waals surface area contributed by atoms with Gasteiger partial charge in [-0.2, -0.15) is 5.10 Å². The molecule has 0 N–H and O–H groups in total. The first kappa shape index (κ1) is 18.7. The predicted molar refractivity (Wildman–Crippen MR) is 112 cm³/mol. The van der Waals surface area contributed by atoms with Crippen LogP contribution in [0.3, 0.4) is 0 Å². The fraction of sp³-hybridized carbons (Fsp3) is 0.565. The molecule has 3 aromatic heterocycles. The molecule has 0 radical (unpaired) electrons. The van der Waals surface area contributed by atoms with Gasteiger partial charge in [0.1, 0.15) is 5.82 Å². The van der Waals surface area contributed by atoms with Crippen LogP contribution in [0.25, 0.3) is 11.0 Å². The number of pyridine rings is 1. The van der Waals surface area contributed by atoms with Crippen LogP contribution in [0.5, 0.6) is 0 Å². The van der Waals surface area contributed by atoms with Crippen molar-refractivity contribution in [3.05, 3.63) is 47.3 Å². The van der Waals surface area contributed by atoms with Crippen molar-refractivity contribution in [3.8, 4) is 0 Å². The van der Waals surface area contributed by atoms with Crippen molar-refractivity contribution >= 4 is 11.0 Å². The van der Waals surface area contributed by atoms with Crippen molar-refractivity contribution < 1.29 is 4.74 Å². The molecule has 0 bridgehead atoms. The Kier molecular flexibility index (Phi) is 4.62. The van der Waals surface area contributed by atoms with Crippen LogP contribution < -0.4 is 0 Å². The average molecular weight is 392 g/mol. The minimum Gasteiger partial charge on any atom is -0.370 e. The van der Waals surface area contributed by atoms with Gasteiger partial charge < -0.3 is 4.74 Å². The van der Waals surface area contributed by atoms with Crippen LogP contribution in [0.15, 0.2) is 24.5 Å². The van der Waals surface area contributed by atoms with E-state index in [1.165, 1.54) is 18.4 Å². The topological polar surface area (TPSA) is 65.7 Å². The van der Waals surface area contributed by atoms with Gasteiger partial charge in [-0.3, -0.25) is 4.68 Å². The second-order valence-electron chi connectivity index (χ2n) is 9.03. The predicted octanol–water partition coefficient (Wildman–Crippen LogP) is 5.01. The highest BCUT2D eigenvalue weighted by Gasteiger charge is 2.33. The summed E-state index contributed by atoms with van der Waals surface area (Å²) in [5.74, 6) is 1.50. The summed E-state index contributed by atoms with van der Waals surface area (Å²) in [6.45, 7) is 8.54. The van der Waals surface area contributed by atoms with Crippen LogP contribution in [-0.4, -0.2) is 30.8 Å². The molecule has 1 aliphatic carbocycles. The lowest BCUT2D eigenvalue weighted by molar-refractivity contribution is -0.0511. The minimum atomic E-state index is 0.0449. The van der Waals surface area contributed by atoms with Crippen molar-refractivity contribution in [3.63, 3.8) is 0 Å². The summed E-state index contributed by atoms with van der Waals surface area (Å²) in [6, 6.07) is 4.74. The van der Waals surface area contributed by atoms with E-state index in [9.17, 15) is 0 Å². The molecule has 2 fully saturated rings. The van der Waals surface area contributed by atoms with Crippen molar-refractivity contribution in [2.75, 3.05) is 0 Å². The maximum Gasteiger partial charge on any atom is 0.163 e. The van der Waals surface area contributed by atoms with E-state index < -0.39 is 0 Å². The Labute approximate surface area is 171 Å². The number of aryl methyl sites for hydroxylation is 1. The largest absolute Gasteiger partial charge is 0.370 e. The van der Waals surface area contributed by atoms with Gasteiger partial charge in [-0.05, 0) is 57.6 Å². The highest BCUT2D eigenvalue weighted by Crippen LogP contribution is 2.41. The molecule has 0 spiro atoms. The number of fused-ring (bicyclic) bond motifs is 1.